The van der Waals surface area contributed by atoms with Crippen LogP contribution in [0.3, 0.4) is 0 Å². The van der Waals surface area contributed by atoms with Crippen molar-refractivity contribution in [3.8, 4) is 0 Å². The summed E-state index contributed by atoms with van der Waals surface area (Å²) in [6, 6.07) is 0. The van der Waals surface area contributed by atoms with Gasteiger partial charge in [-0.1, -0.05) is 12.7 Å². The average molecular weight is 471 g/mol. The van der Waals surface area contributed by atoms with Gasteiger partial charge in [-0.25, -0.2) is 8.51 Å². The number of rotatable bonds is 7. The van der Waals surface area contributed by atoms with Gasteiger partial charge in [0.1, 0.15) is 23.9 Å². The van der Waals surface area contributed by atoms with Gasteiger partial charge < -0.3 is 9.15 Å². The molecule has 1 fully saturated rings. The SMILES string of the molecule is C=C/C(=C\C1=C(C)C(=O)c2c(oc3c2CCC=C3)C1(C)C)OCCN1CCN(S(C)=O)CC1. The molecule has 4 rings (SSSR count). The van der Waals surface area contributed by atoms with Crippen LogP contribution in [0.4, 0.5) is 0 Å². The largest absolute Gasteiger partial charge is 0.492 e. The van der Waals surface area contributed by atoms with E-state index in [4.69, 9.17) is 9.15 Å². The molecule has 1 unspecified atom stereocenters. The van der Waals surface area contributed by atoms with E-state index >= 15 is 0 Å². The van der Waals surface area contributed by atoms with Gasteiger partial charge in [0.2, 0.25) is 0 Å². The topological polar surface area (TPSA) is 63.0 Å². The van der Waals surface area contributed by atoms with Crippen molar-refractivity contribution >= 4 is 22.8 Å². The first-order valence-electron chi connectivity index (χ1n) is 11.6. The number of fused-ring (bicyclic) bond motifs is 3. The second-order valence-corrected chi connectivity index (χ2v) is 10.7. The lowest BCUT2D eigenvalue weighted by Crippen LogP contribution is -2.47. The molecule has 7 heteroatoms. The fourth-order valence-electron chi connectivity index (χ4n) is 4.96. The van der Waals surface area contributed by atoms with Crippen molar-refractivity contribution < 1.29 is 18.2 Å². The minimum Gasteiger partial charge on any atom is -0.492 e. The van der Waals surface area contributed by atoms with Crippen molar-refractivity contribution in [3.05, 3.63) is 64.4 Å². The summed E-state index contributed by atoms with van der Waals surface area (Å²) in [5, 5.41) is 0. The van der Waals surface area contributed by atoms with Gasteiger partial charge in [-0.2, -0.15) is 0 Å². The monoisotopic (exact) mass is 470 g/mol. The fourth-order valence-corrected chi connectivity index (χ4v) is 5.64. The van der Waals surface area contributed by atoms with Crippen LogP contribution < -0.4 is 0 Å². The zero-order valence-electron chi connectivity index (χ0n) is 20.1. The van der Waals surface area contributed by atoms with E-state index in [1.165, 1.54) is 0 Å². The van der Waals surface area contributed by atoms with Crippen LogP contribution in [0.5, 0.6) is 0 Å². The zero-order valence-corrected chi connectivity index (χ0v) is 20.9. The molecule has 0 N–H and O–H groups in total. The summed E-state index contributed by atoms with van der Waals surface area (Å²) in [6.45, 7) is 14.7. The van der Waals surface area contributed by atoms with E-state index in [0.29, 0.717) is 12.4 Å². The van der Waals surface area contributed by atoms with Crippen LogP contribution in [-0.4, -0.2) is 64.8 Å². The number of piperazine rings is 1. The van der Waals surface area contributed by atoms with Crippen molar-refractivity contribution in [2.75, 3.05) is 45.6 Å². The molecule has 1 saturated heterocycles. The maximum absolute atomic E-state index is 13.3. The number of hydrogen-bond donors (Lipinski definition) is 0. The van der Waals surface area contributed by atoms with Gasteiger partial charge in [0.15, 0.2) is 5.78 Å². The third kappa shape index (κ3) is 4.59. The lowest BCUT2D eigenvalue weighted by molar-refractivity contribution is 0.102. The molecule has 33 heavy (non-hydrogen) atoms. The highest BCUT2D eigenvalue weighted by Crippen LogP contribution is 2.46. The summed E-state index contributed by atoms with van der Waals surface area (Å²) in [5.74, 6) is 2.26. The summed E-state index contributed by atoms with van der Waals surface area (Å²) in [7, 11) is -0.904. The zero-order chi connectivity index (χ0) is 23.8. The second-order valence-electron chi connectivity index (χ2n) is 9.38. The van der Waals surface area contributed by atoms with E-state index in [0.717, 1.165) is 79.4 Å². The first-order chi connectivity index (χ1) is 15.7. The van der Waals surface area contributed by atoms with Gasteiger partial charge in [0, 0.05) is 55.5 Å². The Balaban J connectivity index is 1.49. The van der Waals surface area contributed by atoms with Gasteiger partial charge in [0.25, 0.3) is 0 Å². The molecule has 1 aliphatic heterocycles. The van der Waals surface area contributed by atoms with E-state index in [9.17, 15) is 9.00 Å². The van der Waals surface area contributed by atoms with Gasteiger partial charge in [-0.15, -0.1) is 0 Å². The summed E-state index contributed by atoms with van der Waals surface area (Å²) in [4.78, 5) is 15.7. The number of Topliss-reactive ketones (excluding diaryl/α,β-unsaturated/α-hetero) is 1. The first-order valence-corrected chi connectivity index (χ1v) is 13.1. The molecule has 1 aromatic heterocycles. The highest BCUT2D eigenvalue weighted by atomic mass is 32.2. The number of carbonyl (C=O) groups excluding carboxylic acids is 1. The Labute approximate surface area is 199 Å². The number of nitrogens with zero attached hydrogens (tertiary/aromatic N) is 2. The standard InChI is InChI=1S/C26H34N2O4S/c1-6-19(31-16-15-27-11-13-28(14-12-27)33(5)30)17-21-18(2)24(29)23-20-9-7-8-10-22(20)32-25(23)26(21,3)4/h6,8,10,17H,1,7,9,11-16H2,2-5H3/b19-17+. The van der Waals surface area contributed by atoms with Crippen molar-refractivity contribution in [2.24, 2.45) is 0 Å². The van der Waals surface area contributed by atoms with E-state index in [2.05, 4.69) is 31.4 Å². The summed E-state index contributed by atoms with van der Waals surface area (Å²) >= 11 is 0. The lowest BCUT2D eigenvalue weighted by atomic mass is 9.71. The second kappa shape index (κ2) is 9.57. The Morgan fingerprint density at radius 2 is 2.03 bits per heavy atom. The van der Waals surface area contributed by atoms with Crippen LogP contribution in [0.15, 0.2) is 46.1 Å². The van der Waals surface area contributed by atoms with Crippen molar-refractivity contribution in [1.82, 2.24) is 9.21 Å². The number of ether oxygens (including phenoxy) is 1. The Kier molecular flexibility index (Phi) is 6.93. The minimum absolute atomic E-state index is 0.0467. The third-order valence-electron chi connectivity index (χ3n) is 6.94. The van der Waals surface area contributed by atoms with Gasteiger partial charge in [-0.05, 0) is 57.4 Å². The molecule has 0 aromatic carbocycles. The molecular formula is C26H34N2O4S. The Bertz CT molecular complexity index is 1070. The highest BCUT2D eigenvalue weighted by molar-refractivity contribution is 7.81. The normalized spacial score (nSPS) is 22.2. The van der Waals surface area contributed by atoms with Crippen LogP contribution >= 0.6 is 0 Å². The van der Waals surface area contributed by atoms with Crippen LogP contribution in [0.2, 0.25) is 0 Å². The van der Waals surface area contributed by atoms with E-state index in [1.807, 2.05) is 23.4 Å². The van der Waals surface area contributed by atoms with Gasteiger partial charge >= 0.3 is 0 Å². The molecule has 0 spiro atoms. The maximum atomic E-state index is 13.3. The van der Waals surface area contributed by atoms with Crippen LogP contribution in [0.1, 0.15) is 54.6 Å². The lowest BCUT2D eigenvalue weighted by Gasteiger charge is -2.33. The molecule has 0 amide bonds. The van der Waals surface area contributed by atoms with E-state index in [-0.39, 0.29) is 5.78 Å². The Morgan fingerprint density at radius 1 is 1.30 bits per heavy atom. The molecule has 2 heterocycles. The molecule has 1 aromatic rings. The Hall–Kier alpha value is -2.22. The fraction of sp³-hybridized carbons (Fsp3) is 0.500. The summed E-state index contributed by atoms with van der Waals surface area (Å²) in [5.41, 5.74) is 2.98. The third-order valence-corrected chi connectivity index (χ3v) is 8.03. The number of carbonyl (C=O) groups is 1. The first kappa shape index (κ1) is 23.9. The molecule has 1 atom stereocenters. The minimum atomic E-state index is -0.904. The molecule has 2 aliphatic carbocycles. The van der Waals surface area contributed by atoms with Crippen molar-refractivity contribution in [3.63, 3.8) is 0 Å². The number of hydrogen-bond acceptors (Lipinski definition) is 5. The smallest absolute Gasteiger partial charge is 0.192 e. The molecule has 0 radical (unpaired) electrons. The number of allylic oxidation sites excluding steroid dienone is 5. The average Bonchev–Trinajstić information content (AvgIpc) is 3.20. The van der Waals surface area contributed by atoms with Crippen molar-refractivity contribution in [1.29, 1.82) is 0 Å². The van der Waals surface area contributed by atoms with Crippen LogP contribution in [-0.2, 0) is 27.6 Å². The number of ketones is 1. The molecule has 0 bridgehead atoms. The van der Waals surface area contributed by atoms with E-state index in [1.54, 1.807) is 12.3 Å². The highest BCUT2D eigenvalue weighted by Gasteiger charge is 2.42. The van der Waals surface area contributed by atoms with Gasteiger partial charge in [0.05, 0.1) is 16.5 Å². The molecule has 3 aliphatic rings. The summed E-state index contributed by atoms with van der Waals surface area (Å²) in [6.07, 6.45) is 11.2. The molecule has 0 saturated carbocycles. The van der Waals surface area contributed by atoms with Crippen molar-refractivity contribution in [2.45, 2.75) is 39.0 Å². The quantitative estimate of drug-likeness (QED) is 0.445. The maximum Gasteiger partial charge on any atom is 0.192 e. The van der Waals surface area contributed by atoms with Crippen LogP contribution in [0, 0.1) is 0 Å². The molecule has 6 nitrogen and oxygen atoms in total. The predicted molar refractivity (Wildman–Crippen MR) is 132 cm³/mol. The molecule has 178 valence electrons. The Morgan fingerprint density at radius 3 is 2.70 bits per heavy atom. The summed E-state index contributed by atoms with van der Waals surface area (Å²) < 4.78 is 25.9. The van der Waals surface area contributed by atoms with E-state index < -0.39 is 16.4 Å². The van der Waals surface area contributed by atoms with Gasteiger partial charge in [-0.3, -0.25) is 9.69 Å². The van der Waals surface area contributed by atoms with Crippen LogP contribution in [0.25, 0.3) is 6.08 Å². The molecular weight excluding hydrogens is 436 g/mol. The number of furan rings is 1. The predicted octanol–water partition coefficient (Wildman–Crippen LogP) is 4.03.